The third kappa shape index (κ3) is 9.81. The fourth-order valence-corrected chi connectivity index (χ4v) is 5.69. The maximum absolute atomic E-state index is 10.0. The Morgan fingerprint density at radius 3 is 1.60 bits per heavy atom. The van der Waals surface area contributed by atoms with E-state index in [1.54, 1.807) is 0 Å². The summed E-state index contributed by atoms with van der Waals surface area (Å²) in [6.07, 6.45) is 18.8. The topological polar surface area (TPSA) is 20.2 Å². The summed E-state index contributed by atoms with van der Waals surface area (Å²) in [5.74, 6) is 0.299. The molecule has 0 unspecified atom stereocenters. The normalized spacial score (nSPS) is 11.2. The van der Waals surface area contributed by atoms with Crippen LogP contribution in [0.3, 0.4) is 0 Å². The van der Waals surface area contributed by atoms with Crippen LogP contribution in [0.4, 0.5) is 0 Å². The number of phenolic OH excluding ortho intramolecular Hbond substituents is 1. The van der Waals surface area contributed by atoms with Gasteiger partial charge in [0, 0.05) is 4.47 Å². The molecule has 0 heterocycles. The van der Waals surface area contributed by atoms with Crippen molar-refractivity contribution in [1.29, 1.82) is 0 Å². The quantitative estimate of drug-likeness (QED) is 0.233. The van der Waals surface area contributed by atoms with Gasteiger partial charge in [-0.2, -0.15) is 0 Å². The van der Waals surface area contributed by atoms with Gasteiger partial charge in [0.05, 0.1) is 8.95 Å². The van der Waals surface area contributed by atoms with Crippen LogP contribution >= 0.6 is 47.8 Å². The molecule has 1 aromatic rings. The lowest BCUT2D eigenvalue weighted by Crippen LogP contribution is -1.91. The van der Waals surface area contributed by atoms with Crippen molar-refractivity contribution in [2.24, 2.45) is 0 Å². The van der Waals surface area contributed by atoms with E-state index in [2.05, 4.69) is 54.7 Å². The van der Waals surface area contributed by atoms with E-state index in [0.29, 0.717) is 5.75 Å². The lowest BCUT2D eigenvalue weighted by Gasteiger charge is -2.10. The van der Waals surface area contributed by atoms with E-state index < -0.39 is 0 Å². The Morgan fingerprint density at radius 2 is 1.12 bits per heavy atom. The molecule has 0 aromatic heterocycles. The summed E-state index contributed by atoms with van der Waals surface area (Å²) < 4.78 is 2.59. The van der Waals surface area contributed by atoms with Crippen LogP contribution < -0.4 is 0 Å². The van der Waals surface area contributed by atoms with Gasteiger partial charge in [-0.15, -0.1) is 0 Å². The zero-order chi connectivity index (χ0) is 18.5. The third-order valence-electron chi connectivity index (χ3n) is 4.77. The number of aromatic hydroxyl groups is 1. The van der Waals surface area contributed by atoms with Gasteiger partial charge in [-0.3, -0.25) is 0 Å². The molecule has 0 saturated carbocycles. The van der Waals surface area contributed by atoms with Crippen LogP contribution in [0.2, 0.25) is 0 Å². The zero-order valence-corrected chi connectivity index (χ0v) is 20.3. The van der Waals surface area contributed by atoms with Gasteiger partial charge in [0.25, 0.3) is 0 Å². The first-order chi connectivity index (χ1) is 12.1. The van der Waals surface area contributed by atoms with Crippen molar-refractivity contribution in [1.82, 2.24) is 0 Å². The van der Waals surface area contributed by atoms with Crippen LogP contribution in [0.25, 0.3) is 0 Å². The Morgan fingerprint density at radius 1 is 0.680 bits per heavy atom. The van der Waals surface area contributed by atoms with Crippen molar-refractivity contribution in [3.8, 4) is 5.75 Å². The molecular weight excluding hydrogens is 508 g/mol. The molecule has 1 rings (SSSR count). The average Bonchev–Trinajstić information content (AvgIpc) is 2.59. The Labute approximate surface area is 179 Å². The molecule has 4 heteroatoms. The van der Waals surface area contributed by atoms with Gasteiger partial charge < -0.3 is 5.11 Å². The lowest BCUT2D eigenvalue weighted by molar-refractivity contribution is 0.467. The molecule has 0 saturated heterocycles. The van der Waals surface area contributed by atoms with Crippen LogP contribution in [-0.4, -0.2) is 5.11 Å². The Balaban J connectivity index is 2.02. The van der Waals surface area contributed by atoms with E-state index in [1.165, 1.54) is 89.0 Å². The Bertz CT molecular complexity index is 489. The molecule has 0 aliphatic heterocycles. The van der Waals surface area contributed by atoms with Crippen LogP contribution in [-0.2, 0) is 6.42 Å². The minimum absolute atomic E-state index is 0.299. The minimum Gasteiger partial charge on any atom is -0.506 e. The van der Waals surface area contributed by atoms with Gasteiger partial charge in [-0.05, 0) is 56.3 Å². The number of rotatable bonds is 14. The molecule has 0 radical (unpaired) electrons. The second-order valence-corrected chi connectivity index (χ2v) is 9.48. The molecule has 144 valence electrons. The first kappa shape index (κ1) is 23.5. The molecule has 0 aliphatic carbocycles. The van der Waals surface area contributed by atoms with E-state index in [0.717, 1.165) is 19.8 Å². The number of benzene rings is 1. The Hall–Kier alpha value is 0.460. The van der Waals surface area contributed by atoms with Crippen molar-refractivity contribution in [2.75, 3.05) is 0 Å². The van der Waals surface area contributed by atoms with Gasteiger partial charge >= 0.3 is 0 Å². The smallest absolute Gasteiger partial charge is 0.144 e. The van der Waals surface area contributed by atoms with Gasteiger partial charge in [0.1, 0.15) is 5.75 Å². The summed E-state index contributed by atoms with van der Waals surface area (Å²) in [7, 11) is 0. The van der Waals surface area contributed by atoms with E-state index in [-0.39, 0.29) is 0 Å². The van der Waals surface area contributed by atoms with Crippen LogP contribution in [0.5, 0.6) is 5.75 Å². The van der Waals surface area contributed by atoms with Gasteiger partial charge in [0.15, 0.2) is 0 Å². The molecule has 0 amide bonds. The Kier molecular flexibility index (Phi) is 13.6. The van der Waals surface area contributed by atoms with Crippen molar-refractivity contribution in [3.63, 3.8) is 0 Å². The predicted molar refractivity (Wildman–Crippen MR) is 121 cm³/mol. The number of halogens is 3. The standard InChI is InChI=1S/C21H33Br3O/c1-2-3-4-5-6-7-8-9-10-11-12-13-14-15-17-18(22)16-19(23)21(25)20(17)24/h16,25H,2-15H2,1H3. The van der Waals surface area contributed by atoms with Crippen LogP contribution in [0, 0.1) is 0 Å². The maximum Gasteiger partial charge on any atom is 0.144 e. The first-order valence-electron chi connectivity index (χ1n) is 9.93. The summed E-state index contributed by atoms with van der Waals surface area (Å²) >= 11 is 10.5. The van der Waals surface area contributed by atoms with Crippen LogP contribution in [0.1, 0.15) is 96.0 Å². The molecule has 1 N–H and O–H groups in total. The molecule has 0 atom stereocenters. The predicted octanol–water partition coefficient (Wildman–Crippen LogP) is 9.31. The maximum atomic E-state index is 10.0. The monoisotopic (exact) mass is 538 g/mol. The summed E-state index contributed by atoms with van der Waals surface area (Å²) in [4.78, 5) is 0. The summed E-state index contributed by atoms with van der Waals surface area (Å²) in [5.41, 5.74) is 1.17. The van der Waals surface area contributed by atoms with Crippen molar-refractivity contribution in [2.45, 2.75) is 96.8 Å². The minimum atomic E-state index is 0.299. The van der Waals surface area contributed by atoms with E-state index >= 15 is 0 Å². The van der Waals surface area contributed by atoms with Gasteiger partial charge in [-0.25, -0.2) is 0 Å². The van der Waals surface area contributed by atoms with Gasteiger partial charge in [0.2, 0.25) is 0 Å². The summed E-state index contributed by atoms with van der Waals surface area (Å²) in [6.45, 7) is 2.28. The molecule has 1 nitrogen and oxygen atoms in total. The number of unbranched alkanes of at least 4 members (excludes halogenated alkanes) is 12. The first-order valence-corrected chi connectivity index (χ1v) is 12.3. The largest absolute Gasteiger partial charge is 0.506 e. The second kappa shape index (κ2) is 14.5. The van der Waals surface area contributed by atoms with E-state index in [1.807, 2.05) is 6.07 Å². The second-order valence-electron chi connectivity index (χ2n) is 6.97. The average molecular weight is 541 g/mol. The fraction of sp³-hybridized carbons (Fsp3) is 0.714. The number of phenols is 1. The molecule has 0 fully saturated rings. The van der Waals surface area contributed by atoms with Crippen LogP contribution in [0.15, 0.2) is 19.5 Å². The van der Waals surface area contributed by atoms with Crippen molar-refractivity contribution >= 4 is 47.8 Å². The van der Waals surface area contributed by atoms with Crippen molar-refractivity contribution in [3.05, 3.63) is 25.0 Å². The molecule has 1 aromatic carbocycles. The number of hydrogen-bond donors (Lipinski definition) is 1. The summed E-state index contributed by atoms with van der Waals surface area (Å²) in [6, 6.07) is 1.93. The highest BCUT2D eigenvalue weighted by Gasteiger charge is 2.12. The molecule has 0 bridgehead atoms. The molecular formula is C21H33Br3O. The fourth-order valence-electron chi connectivity index (χ4n) is 3.17. The highest BCUT2D eigenvalue weighted by Crippen LogP contribution is 2.40. The molecule has 0 aliphatic rings. The van der Waals surface area contributed by atoms with E-state index in [9.17, 15) is 5.11 Å². The highest BCUT2D eigenvalue weighted by atomic mass is 79.9. The molecule has 25 heavy (non-hydrogen) atoms. The lowest BCUT2D eigenvalue weighted by atomic mass is 10.0. The SMILES string of the molecule is CCCCCCCCCCCCCCCc1c(Br)cc(Br)c(O)c1Br. The summed E-state index contributed by atoms with van der Waals surface area (Å²) in [5, 5.41) is 10.0. The van der Waals surface area contributed by atoms with Gasteiger partial charge in [-0.1, -0.05) is 99.9 Å². The highest BCUT2D eigenvalue weighted by molar-refractivity contribution is 9.11. The zero-order valence-electron chi connectivity index (χ0n) is 15.6. The van der Waals surface area contributed by atoms with Crippen molar-refractivity contribution < 1.29 is 5.11 Å². The molecule has 0 spiro atoms. The number of hydrogen-bond acceptors (Lipinski definition) is 1. The third-order valence-corrected chi connectivity index (χ3v) is 6.94. The van der Waals surface area contributed by atoms with E-state index in [4.69, 9.17) is 0 Å².